The summed E-state index contributed by atoms with van der Waals surface area (Å²) in [5.41, 5.74) is -0.933. The molecule has 2 saturated heterocycles. The minimum Gasteiger partial charge on any atom is -0.507 e. The zero-order chi connectivity index (χ0) is 34.4. The highest BCUT2D eigenvalue weighted by Gasteiger charge is 2.57. The van der Waals surface area contributed by atoms with Gasteiger partial charge in [-0.1, -0.05) is 48.0 Å². The zero-order valence-electron chi connectivity index (χ0n) is 25.6. The van der Waals surface area contributed by atoms with Crippen molar-refractivity contribution in [2.45, 2.75) is 44.6 Å². The molecule has 0 radical (unpaired) electrons. The van der Waals surface area contributed by atoms with E-state index < -0.39 is 64.8 Å². The van der Waals surface area contributed by atoms with Crippen LogP contribution in [0.25, 0.3) is 6.08 Å². The Hall–Kier alpha value is -4.58. The molecule has 12 heteroatoms. The van der Waals surface area contributed by atoms with Crippen LogP contribution in [0, 0.1) is 17.8 Å². The average molecular weight is 672 g/mol. The standard InChI is InChI=1S/C36H31F6NO5/c1-20(13-21-7-5-6-10-29(21)44)11-12-30-31-22(18-47-26-8-3-2-4-9-26)14-27-32(28(31)19-48-30)34(46)43(33(27)45)25-16-23(35(37,38)39)15-24(17-25)36(40,41)42/h2-10,13,15-17,27-28,30,32,44H,11-12,14,18-19H2,1H3/b20-13+/t27-,28+,30-,32-/m1/s1. The van der Waals surface area contributed by atoms with Gasteiger partial charge in [0.15, 0.2) is 0 Å². The first kappa shape index (κ1) is 33.3. The van der Waals surface area contributed by atoms with Gasteiger partial charge in [-0.2, -0.15) is 26.3 Å². The van der Waals surface area contributed by atoms with E-state index in [-0.39, 0.29) is 31.5 Å². The number of imide groups is 1. The number of ether oxygens (including phenoxy) is 2. The summed E-state index contributed by atoms with van der Waals surface area (Å²) in [5.74, 6) is -3.71. The number of hydrogen-bond donors (Lipinski definition) is 1. The fourth-order valence-electron chi connectivity index (χ4n) is 6.92. The van der Waals surface area contributed by atoms with Gasteiger partial charge in [0.25, 0.3) is 0 Å². The van der Waals surface area contributed by atoms with E-state index in [9.17, 15) is 41.0 Å². The van der Waals surface area contributed by atoms with Crippen LogP contribution >= 0.6 is 0 Å². The van der Waals surface area contributed by atoms with Crippen molar-refractivity contribution in [3.05, 3.63) is 106 Å². The van der Waals surface area contributed by atoms with E-state index in [2.05, 4.69) is 0 Å². The third-order valence-corrected chi connectivity index (χ3v) is 9.13. The van der Waals surface area contributed by atoms with E-state index in [1.807, 2.05) is 19.1 Å². The molecule has 0 spiro atoms. The van der Waals surface area contributed by atoms with E-state index in [0.717, 1.165) is 11.1 Å². The van der Waals surface area contributed by atoms with E-state index in [0.29, 0.717) is 46.8 Å². The van der Waals surface area contributed by atoms with Crippen molar-refractivity contribution in [3.63, 3.8) is 0 Å². The molecule has 1 N–H and O–H groups in total. The van der Waals surface area contributed by atoms with Crippen LogP contribution in [0.1, 0.15) is 42.9 Å². The quantitative estimate of drug-likeness (QED) is 0.148. The largest absolute Gasteiger partial charge is 0.507 e. The highest BCUT2D eigenvalue weighted by Crippen LogP contribution is 2.51. The molecule has 2 amide bonds. The van der Waals surface area contributed by atoms with Crippen molar-refractivity contribution in [1.82, 2.24) is 0 Å². The minimum absolute atomic E-state index is 0.0298. The molecule has 0 unspecified atom stereocenters. The molecular weight excluding hydrogens is 640 g/mol. The molecule has 4 atom stereocenters. The molecule has 2 aliphatic heterocycles. The average Bonchev–Trinajstić information content (AvgIpc) is 3.57. The fraction of sp³-hybridized carbons (Fsp3) is 0.333. The first-order valence-electron chi connectivity index (χ1n) is 15.4. The Kier molecular flexibility index (Phi) is 8.88. The highest BCUT2D eigenvalue weighted by atomic mass is 19.4. The van der Waals surface area contributed by atoms with Gasteiger partial charge in [0, 0.05) is 11.5 Å². The van der Waals surface area contributed by atoms with Gasteiger partial charge in [0.1, 0.15) is 18.1 Å². The Morgan fingerprint density at radius 2 is 1.56 bits per heavy atom. The van der Waals surface area contributed by atoms with Gasteiger partial charge in [-0.15, -0.1) is 0 Å². The molecule has 3 aromatic rings. The van der Waals surface area contributed by atoms with Crippen LogP contribution in [0.3, 0.4) is 0 Å². The lowest BCUT2D eigenvalue weighted by Crippen LogP contribution is -2.35. The Balaban J connectivity index is 1.32. The van der Waals surface area contributed by atoms with Crippen LogP contribution in [0.5, 0.6) is 11.5 Å². The van der Waals surface area contributed by atoms with E-state index in [1.54, 1.807) is 48.5 Å². The van der Waals surface area contributed by atoms with E-state index in [1.165, 1.54) is 0 Å². The number of rotatable bonds is 8. The number of para-hydroxylation sites is 2. The number of carbonyl (C=O) groups is 2. The lowest BCUT2D eigenvalue weighted by molar-refractivity contribution is -0.143. The molecule has 2 fully saturated rings. The summed E-state index contributed by atoms with van der Waals surface area (Å²) in [4.78, 5) is 28.2. The maximum atomic E-state index is 13.9. The number of fused-ring (bicyclic) bond motifs is 3. The van der Waals surface area contributed by atoms with Gasteiger partial charge in [-0.25, -0.2) is 4.90 Å². The van der Waals surface area contributed by atoms with Crippen molar-refractivity contribution < 1.29 is 50.5 Å². The van der Waals surface area contributed by atoms with E-state index in [4.69, 9.17) is 9.47 Å². The van der Waals surface area contributed by atoms with Crippen LogP contribution in [0.2, 0.25) is 0 Å². The van der Waals surface area contributed by atoms with Gasteiger partial charge < -0.3 is 14.6 Å². The maximum absolute atomic E-state index is 13.9. The van der Waals surface area contributed by atoms with Crippen LogP contribution in [0.15, 0.2) is 89.5 Å². The van der Waals surface area contributed by atoms with Crippen molar-refractivity contribution >= 4 is 23.6 Å². The van der Waals surface area contributed by atoms with Crippen molar-refractivity contribution in [1.29, 1.82) is 0 Å². The molecule has 0 bridgehead atoms. The zero-order valence-corrected chi connectivity index (χ0v) is 25.6. The minimum atomic E-state index is -5.15. The second-order valence-electron chi connectivity index (χ2n) is 12.3. The lowest BCUT2D eigenvalue weighted by atomic mass is 9.69. The molecule has 48 heavy (non-hydrogen) atoms. The Bertz CT molecular complexity index is 1750. The summed E-state index contributed by atoms with van der Waals surface area (Å²) in [6, 6.07) is 16.6. The predicted molar refractivity (Wildman–Crippen MR) is 164 cm³/mol. The summed E-state index contributed by atoms with van der Waals surface area (Å²) >= 11 is 0. The molecule has 252 valence electrons. The molecule has 6 nitrogen and oxygen atoms in total. The maximum Gasteiger partial charge on any atom is 0.416 e. The predicted octanol–water partition coefficient (Wildman–Crippen LogP) is 8.21. The third kappa shape index (κ3) is 6.58. The molecule has 6 rings (SSSR count). The number of allylic oxidation sites excluding steroid dienone is 1. The Labute approximate surface area is 272 Å². The molecule has 3 aliphatic rings. The van der Waals surface area contributed by atoms with Crippen molar-refractivity contribution in [2.75, 3.05) is 18.1 Å². The van der Waals surface area contributed by atoms with Crippen LogP contribution in [-0.4, -0.2) is 36.2 Å². The number of carbonyl (C=O) groups excluding carboxylic acids is 2. The van der Waals surface area contributed by atoms with Crippen LogP contribution in [-0.2, 0) is 26.7 Å². The number of halogens is 6. The smallest absolute Gasteiger partial charge is 0.416 e. The summed E-state index contributed by atoms with van der Waals surface area (Å²) in [6.07, 6.45) is -7.84. The number of hydrogen-bond acceptors (Lipinski definition) is 5. The van der Waals surface area contributed by atoms with Gasteiger partial charge in [0.05, 0.1) is 41.4 Å². The topological polar surface area (TPSA) is 76.1 Å². The number of alkyl halides is 6. The number of phenols is 1. The summed E-state index contributed by atoms with van der Waals surface area (Å²) in [5, 5.41) is 10.2. The summed E-state index contributed by atoms with van der Waals surface area (Å²) in [6.45, 7) is 2.00. The number of phenolic OH excluding ortho intramolecular Hbond substituents is 1. The van der Waals surface area contributed by atoms with Gasteiger partial charge in [-0.3, -0.25) is 9.59 Å². The van der Waals surface area contributed by atoms with Gasteiger partial charge in [-0.05, 0) is 73.7 Å². The second kappa shape index (κ2) is 12.8. The number of benzene rings is 3. The van der Waals surface area contributed by atoms with E-state index >= 15 is 0 Å². The normalized spacial score (nSPS) is 23.1. The highest BCUT2D eigenvalue weighted by molar-refractivity contribution is 6.22. The Morgan fingerprint density at radius 3 is 2.21 bits per heavy atom. The van der Waals surface area contributed by atoms with Crippen molar-refractivity contribution in [2.24, 2.45) is 17.8 Å². The lowest BCUT2D eigenvalue weighted by Gasteiger charge is -2.31. The van der Waals surface area contributed by atoms with Gasteiger partial charge >= 0.3 is 12.4 Å². The monoisotopic (exact) mass is 671 g/mol. The first-order valence-corrected chi connectivity index (χ1v) is 15.4. The molecule has 3 aromatic carbocycles. The SMILES string of the molecule is C/C(=C\c1ccccc1O)CC[C@H]1OC[C@H]2C1=C(COc1ccccc1)C[C@H]1C(=O)N(c3cc(C(F)(F)F)cc(C(F)(F)F)c3)C(=O)[C@H]12. The molecule has 1 aliphatic carbocycles. The number of anilines is 1. The van der Waals surface area contributed by atoms with Crippen LogP contribution < -0.4 is 9.64 Å². The molecule has 2 heterocycles. The third-order valence-electron chi connectivity index (χ3n) is 9.13. The van der Waals surface area contributed by atoms with Crippen molar-refractivity contribution in [3.8, 4) is 11.5 Å². The number of nitrogens with zero attached hydrogens (tertiary/aromatic N) is 1. The van der Waals surface area contributed by atoms with Crippen LogP contribution in [0.4, 0.5) is 32.0 Å². The molecule has 0 aromatic heterocycles. The summed E-state index contributed by atoms with van der Waals surface area (Å²) < 4.78 is 94.3. The number of amides is 2. The number of aromatic hydroxyl groups is 1. The van der Waals surface area contributed by atoms with Gasteiger partial charge in [0.2, 0.25) is 11.8 Å². The first-order chi connectivity index (χ1) is 22.7. The Morgan fingerprint density at radius 1 is 0.917 bits per heavy atom. The fourth-order valence-corrected chi connectivity index (χ4v) is 6.92. The molecular formula is C36H31F6NO5. The second-order valence-corrected chi connectivity index (χ2v) is 12.3. The summed E-state index contributed by atoms with van der Waals surface area (Å²) in [7, 11) is 0. The molecule has 0 saturated carbocycles.